The van der Waals surface area contributed by atoms with Crippen LogP contribution in [-0.4, -0.2) is 38.4 Å². The van der Waals surface area contributed by atoms with E-state index in [2.05, 4.69) is 48.6 Å². The lowest BCUT2D eigenvalue weighted by Gasteiger charge is -2.29. The van der Waals surface area contributed by atoms with E-state index in [0.29, 0.717) is 18.2 Å². The Morgan fingerprint density at radius 3 is 2.52 bits per heavy atom. The fraction of sp³-hybridized carbons (Fsp3) is 0.324. The SMILES string of the molecule is CCN(Cc1ccc2c(c1)OCCC2c1cccc(C(CC(N)=O)NS(=O)(=O)c2ccc3ccccc3c2)c1)C(C)C. The summed E-state index contributed by atoms with van der Waals surface area (Å²) in [6.45, 7) is 9.00. The van der Waals surface area contributed by atoms with Crippen LogP contribution in [0.4, 0.5) is 0 Å². The van der Waals surface area contributed by atoms with Crippen LogP contribution in [0.3, 0.4) is 0 Å². The first-order chi connectivity index (χ1) is 20.1. The summed E-state index contributed by atoms with van der Waals surface area (Å²) in [5.74, 6) is 0.388. The molecule has 2 unspecified atom stereocenters. The van der Waals surface area contributed by atoms with E-state index in [4.69, 9.17) is 10.5 Å². The standard InChI is InChI=1S/C34H39N3O4S/c1-4-37(23(2)3)22-24-12-15-31-30(16-17-41-33(31)18-24)27-10-7-11-28(19-27)32(21-34(35)38)36-42(39,40)29-14-13-25-8-5-6-9-26(25)20-29/h5-15,18-20,23,30,32,36H,4,16-17,21-22H2,1-3H3,(H2,35,38). The zero-order chi connectivity index (χ0) is 29.9. The summed E-state index contributed by atoms with van der Waals surface area (Å²) in [6.07, 6.45) is 0.639. The van der Waals surface area contributed by atoms with Gasteiger partial charge in [0, 0.05) is 30.5 Å². The first-order valence-corrected chi connectivity index (χ1v) is 16.0. The average Bonchev–Trinajstić information content (AvgIpc) is 2.98. The molecular weight excluding hydrogens is 546 g/mol. The van der Waals surface area contributed by atoms with Gasteiger partial charge in [0.2, 0.25) is 15.9 Å². The molecule has 0 spiro atoms. The van der Waals surface area contributed by atoms with Crippen molar-refractivity contribution in [3.63, 3.8) is 0 Å². The van der Waals surface area contributed by atoms with Crippen LogP contribution in [0.15, 0.2) is 89.8 Å². The molecule has 2 atom stereocenters. The number of hydrogen-bond acceptors (Lipinski definition) is 5. The van der Waals surface area contributed by atoms with Crippen LogP contribution in [0.2, 0.25) is 0 Å². The van der Waals surface area contributed by atoms with Gasteiger partial charge in [0.25, 0.3) is 0 Å². The lowest BCUT2D eigenvalue weighted by molar-refractivity contribution is -0.118. The topological polar surface area (TPSA) is 102 Å². The van der Waals surface area contributed by atoms with Gasteiger partial charge in [-0.25, -0.2) is 13.1 Å². The Bertz CT molecular complexity index is 1690. The van der Waals surface area contributed by atoms with Crippen molar-refractivity contribution >= 4 is 26.7 Å². The average molecular weight is 586 g/mol. The minimum atomic E-state index is -3.94. The van der Waals surface area contributed by atoms with E-state index in [-0.39, 0.29) is 17.2 Å². The van der Waals surface area contributed by atoms with Crippen molar-refractivity contribution in [1.29, 1.82) is 0 Å². The van der Waals surface area contributed by atoms with Gasteiger partial charge < -0.3 is 10.5 Å². The molecule has 1 amide bonds. The molecule has 220 valence electrons. The van der Waals surface area contributed by atoms with Crippen molar-refractivity contribution in [2.24, 2.45) is 5.73 Å². The molecule has 0 saturated heterocycles. The van der Waals surface area contributed by atoms with E-state index >= 15 is 0 Å². The van der Waals surface area contributed by atoms with Gasteiger partial charge in [-0.2, -0.15) is 0 Å². The highest BCUT2D eigenvalue weighted by atomic mass is 32.2. The molecule has 0 fully saturated rings. The van der Waals surface area contributed by atoms with Crippen LogP contribution in [0.25, 0.3) is 10.8 Å². The van der Waals surface area contributed by atoms with E-state index in [1.165, 1.54) is 5.56 Å². The van der Waals surface area contributed by atoms with Crippen LogP contribution in [0.1, 0.15) is 67.8 Å². The highest BCUT2D eigenvalue weighted by molar-refractivity contribution is 7.89. The third-order valence-corrected chi connectivity index (χ3v) is 9.56. The number of carbonyl (C=O) groups excluding carboxylic acids is 1. The molecule has 0 aromatic heterocycles. The summed E-state index contributed by atoms with van der Waals surface area (Å²) >= 11 is 0. The van der Waals surface area contributed by atoms with Crippen molar-refractivity contribution in [3.05, 3.63) is 107 Å². The highest BCUT2D eigenvalue weighted by Crippen LogP contribution is 2.39. The first-order valence-electron chi connectivity index (χ1n) is 14.5. The number of ether oxygens (including phenoxy) is 1. The smallest absolute Gasteiger partial charge is 0.241 e. The van der Waals surface area contributed by atoms with Gasteiger partial charge in [-0.3, -0.25) is 9.69 Å². The number of primary amides is 1. The number of carbonyl (C=O) groups is 1. The van der Waals surface area contributed by atoms with E-state index in [1.54, 1.807) is 18.2 Å². The van der Waals surface area contributed by atoms with E-state index < -0.39 is 22.0 Å². The molecule has 0 aliphatic carbocycles. The molecule has 0 saturated carbocycles. The minimum Gasteiger partial charge on any atom is -0.493 e. The molecule has 1 aliphatic heterocycles. The summed E-state index contributed by atoms with van der Waals surface area (Å²) < 4.78 is 35.8. The van der Waals surface area contributed by atoms with E-state index in [0.717, 1.165) is 47.2 Å². The van der Waals surface area contributed by atoms with Crippen molar-refractivity contribution < 1.29 is 17.9 Å². The van der Waals surface area contributed by atoms with Crippen LogP contribution in [-0.2, 0) is 21.4 Å². The zero-order valence-electron chi connectivity index (χ0n) is 24.4. The normalized spacial score (nSPS) is 15.9. The Hall–Kier alpha value is -3.72. The Balaban J connectivity index is 1.43. The summed E-state index contributed by atoms with van der Waals surface area (Å²) in [5, 5.41) is 1.77. The molecule has 5 rings (SSSR count). The number of nitrogens with one attached hydrogen (secondary N) is 1. The quantitative estimate of drug-likeness (QED) is 0.229. The molecule has 0 bridgehead atoms. The monoisotopic (exact) mass is 585 g/mol. The van der Waals surface area contributed by atoms with Crippen molar-refractivity contribution in [2.75, 3.05) is 13.2 Å². The molecule has 0 radical (unpaired) electrons. The molecule has 7 nitrogen and oxygen atoms in total. The summed E-state index contributed by atoms with van der Waals surface area (Å²) in [5.41, 5.74) is 9.64. The minimum absolute atomic E-state index is 0.0847. The molecule has 4 aromatic rings. The Morgan fingerprint density at radius 1 is 1.00 bits per heavy atom. The third kappa shape index (κ3) is 6.67. The lowest BCUT2D eigenvalue weighted by atomic mass is 9.85. The van der Waals surface area contributed by atoms with Crippen molar-refractivity contribution in [3.8, 4) is 5.75 Å². The molecule has 4 aromatic carbocycles. The van der Waals surface area contributed by atoms with E-state index in [9.17, 15) is 13.2 Å². The number of sulfonamides is 1. The van der Waals surface area contributed by atoms with Gasteiger partial charge in [-0.05, 0) is 72.5 Å². The molecule has 8 heteroatoms. The lowest BCUT2D eigenvalue weighted by Crippen LogP contribution is -2.32. The Kier molecular flexibility index (Phi) is 8.96. The van der Waals surface area contributed by atoms with Crippen LogP contribution in [0, 0.1) is 0 Å². The van der Waals surface area contributed by atoms with Crippen LogP contribution >= 0.6 is 0 Å². The third-order valence-electron chi connectivity index (χ3n) is 8.09. The number of benzene rings is 4. The Morgan fingerprint density at radius 2 is 1.79 bits per heavy atom. The van der Waals surface area contributed by atoms with Crippen molar-refractivity contribution in [2.45, 2.75) is 63.1 Å². The van der Waals surface area contributed by atoms with Gasteiger partial charge in [0.15, 0.2) is 0 Å². The number of hydrogen-bond donors (Lipinski definition) is 2. The fourth-order valence-electron chi connectivity index (χ4n) is 5.78. The Labute approximate surface area is 248 Å². The molecule has 42 heavy (non-hydrogen) atoms. The molecule has 1 aliphatic rings. The maximum atomic E-state index is 13.5. The summed E-state index contributed by atoms with van der Waals surface area (Å²) in [7, 11) is -3.94. The summed E-state index contributed by atoms with van der Waals surface area (Å²) in [4.78, 5) is 14.6. The van der Waals surface area contributed by atoms with Gasteiger partial charge in [0.1, 0.15) is 5.75 Å². The summed E-state index contributed by atoms with van der Waals surface area (Å²) in [6, 6.07) is 26.5. The number of nitrogens with two attached hydrogens (primary N) is 1. The zero-order valence-corrected chi connectivity index (χ0v) is 25.2. The van der Waals surface area contributed by atoms with Gasteiger partial charge in [0.05, 0.1) is 17.5 Å². The maximum Gasteiger partial charge on any atom is 0.241 e. The molecular formula is C34H39N3O4S. The maximum absolute atomic E-state index is 13.5. The predicted molar refractivity (Wildman–Crippen MR) is 167 cm³/mol. The van der Waals surface area contributed by atoms with Crippen LogP contribution < -0.4 is 15.2 Å². The fourth-order valence-corrected chi connectivity index (χ4v) is 7.04. The molecule has 3 N–H and O–H groups in total. The van der Waals surface area contributed by atoms with Gasteiger partial charge in [-0.1, -0.05) is 73.7 Å². The number of rotatable bonds is 11. The predicted octanol–water partition coefficient (Wildman–Crippen LogP) is 5.88. The second-order valence-corrected chi connectivity index (χ2v) is 13.0. The second-order valence-electron chi connectivity index (χ2n) is 11.2. The number of nitrogens with zero attached hydrogens (tertiary/aromatic N) is 1. The second kappa shape index (κ2) is 12.7. The van der Waals surface area contributed by atoms with Gasteiger partial charge in [-0.15, -0.1) is 0 Å². The van der Waals surface area contributed by atoms with Gasteiger partial charge >= 0.3 is 0 Å². The molecule has 1 heterocycles. The van der Waals surface area contributed by atoms with Crippen molar-refractivity contribution in [1.82, 2.24) is 9.62 Å². The number of amides is 1. The van der Waals surface area contributed by atoms with Crippen LogP contribution in [0.5, 0.6) is 5.75 Å². The van der Waals surface area contributed by atoms with E-state index in [1.807, 2.05) is 48.5 Å². The number of fused-ring (bicyclic) bond motifs is 2. The highest BCUT2D eigenvalue weighted by Gasteiger charge is 2.27. The largest absolute Gasteiger partial charge is 0.493 e. The first kappa shape index (κ1) is 29.8.